The second-order valence-corrected chi connectivity index (χ2v) is 5.12. The van der Waals surface area contributed by atoms with Gasteiger partial charge in [-0.1, -0.05) is 15.9 Å². The lowest BCUT2D eigenvalue weighted by atomic mass is 10.2. The summed E-state index contributed by atoms with van der Waals surface area (Å²) in [5.41, 5.74) is 8.75. The first-order valence-electron chi connectivity index (χ1n) is 5.00. The van der Waals surface area contributed by atoms with E-state index in [0.717, 1.165) is 0 Å². The molecule has 98 valence electrons. The lowest BCUT2D eigenvalue weighted by Crippen LogP contribution is -1.94. The Morgan fingerprint density at radius 3 is 3.00 bits per heavy atom. The molecular formula is C10H8BrN5O2S. The van der Waals surface area contributed by atoms with Gasteiger partial charge in [-0.2, -0.15) is 5.10 Å². The number of nitrogen functional groups attached to an aromatic ring is 1. The van der Waals surface area contributed by atoms with E-state index in [4.69, 9.17) is 5.73 Å². The van der Waals surface area contributed by atoms with Crippen LogP contribution in [0.5, 0.6) is 0 Å². The number of nitrogens with two attached hydrogens (primary N) is 1. The number of halogens is 1. The van der Waals surface area contributed by atoms with Crippen LogP contribution in [-0.2, 0) is 0 Å². The van der Waals surface area contributed by atoms with Gasteiger partial charge in [0.05, 0.1) is 11.1 Å². The molecule has 1 aromatic heterocycles. The van der Waals surface area contributed by atoms with E-state index in [1.54, 1.807) is 11.4 Å². The second kappa shape index (κ2) is 5.76. The van der Waals surface area contributed by atoms with Crippen LogP contribution in [0.1, 0.15) is 5.56 Å². The summed E-state index contributed by atoms with van der Waals surface area (Å²) in [5, 5.41) is 16.9. The van der Waals surface area contributed by atoms with Gasteiger partial charge in [-0.3, -0.25) is 15.5 Å². The topological polar surface area (TPSA) is 106 Å². The van der Waals surface area contributed by atoms with Crippen molar-refractivity contribution in [2.45, 2.75) is 0 Å². The molecule has 0 aliphatic carbocycles. The van der Waals surface area contributed by atoms with Gasteiger partial charge in [0.25, 0.3) is 5.69 Å². The fraction of sp³-hybridized carbons (Fsp3) is 0. The number of nitrogens with one attached hydrogen (secondary N) is 1. The minimum Gasteiger partial charge on any atom is -0.383 e. The van der Waals surface area contributed by atoms with Crippen LogP contribution < -0.4 is 11.2 Å². The largest absolute Gasteiger partial charge is 0.383 e. The zero-order valence-electron chi connectivity index (χ0n) is 9.41. The van der Waals surface area contributed by atoms with Gasteiger partial charge in [-0.05, 0) is 6.07 Å². The highest BCUT2D eigenvalue weighted by Crippen LogP contribution is 2.21. The zero-order valence-corrected chi connectivity index (χ0v) is 11.8. The third-order valence-corrected chi connectivity index (χ3v) is 3.56. The van der Waals surface area contributed by atoms with Crippen molar-refractivity contribution < 1.29 is 4.92 Å². The van der Waals surface area contributed by atoms with Crippen LogP contribution in [0.3, 0.4) is 0 Å². The first kappa shape index (κ1) is 13.4. The van der Waals surface area contributed by atoms with Gasteiger partial charge in [-0.25, -0.2) is 4.98 Å². The summed E-state index contributed by atoms with van der Waals surface area (Å²) in [7, 11) is 0. The van der Waals surface area contributed by atoms with Crippen molar-refractivity contribution in [3.05, 3.63) is 43.7 Å². The highest BCUT2D eigenvalue weighted by molar-refractivity contribution is 9.10. The molecule has 0 unspecified atom stereocenters. The van der Waals surface area contributed by atoms with Crippen molar-refractivity contribution in [1.82, 2.24) is 4.98 Å². The molecule has 0 saturated carbocycles. The van der Waals surface area contributed by atoms with Crippen LogP contribution >= 0.6 is 27.3 Å². The normalized spacial score (nSPS) is 10.8. The van der Waals surface area contributed by atoms with E-state index in [0.29, 0.717) is 21.0 Å². The Bertz CT molecular complexity index is 643. The lowest BCUT2D eigenvalue weighted by molar-refractivity contribution is -0.384. The van der Waals surface area contributed by atoms with Gasteiger partial charge in [-0.15, -0.1) is 11.3 Å². The Kier molecular flexibility index (Phi) is 4.07. The molecule has 0 atom stereocenters. The van der Waals surface area contributed by atoms with Crippen molar-refractivity contribution in [3.63, 3.8) is 0 Å². The number of hydrogen-bond acceptors (Lipinski definition) is 7. The molecular weight excluding hydrogens is 334 g/mol. The predicted octanol–water partition coefficient (Wildman–Crippen LogP) is 2.84. The van der Waals surface area contributed by atoms with Crippen molar-refractivity contribution in [1.29, 1.82) is 0 Å². The third-order valence-electron chi connectivity index (χ3n) is 2.08. The van der Waals surface area contributed by atoms with E-state index in [1.807, 2.05) is 0 Å². The van der Waals surface area contributed by atoms with Crippen molar-refractivity contribution in [3.8, 4) is 0 Å². The van der Waals surface area contributed by atoms with E-state index >= 15 is 0 Å². The molecule has 1 heterocycles. The molecule has 0 aliphatic heterocycles. The Morgan fingerprint density at radius 1 is 1.58 bits per heavy atom. The fourth-order valence-electron chi connectivity index (χ4n) is 1.24. The Hall–Kier alpha value is -2.00. The minimum absolute atomic E-state index is 0.00291. The average molecular weight is 342 g/mol. The number of hydrogen-bond donors (Lipinski definition) is 2. The zero-order chi connectivity index (χ0) is 13.8. The Morgan fingerprint density at radius 2 is 2.37 bits per heavy atom. The fourth-order valence-corrected chi connectivity index (χ4v) is 2.14. The summed E-state index contributed by atoms with van der Waals surface area (Å²) < 4.78 is 0.710. The molecule has 0 amide bonds. The van der Waals surface area contributed by atoms with Crippen LogP contribution in [0.25, 0.3) is 0 Å². The van der Waals surface area contributed by atoms with Gasteiger partial charge in [0.15, 0.2) is 0 Å². The molecule has 0 aliphatic rings. The van der Waals surface area contributed by atoms with Gasteiger partial charge in [0.2, 0.25) is 5.13 Å². The Balaban J connectivity index is 2.13. The molecule has 0 saturated heterocycles. The maximum absolute atomic E-state index is 10.7. The van der Waals surface area contributed by atoms with Gasteiger partial charge >= 0.3 is 0 Å². The Labute approximate surface area is 120 Å². The van der Waals surface area contributed by atoms with E-state index in [1.165, 1.54) is 29.7 Å². The molecule has 19 heavy (non-hydrogen) atoms. The van der Waals surface area contributed by atoms with E-state index < -0.39 is 4.92 Å². The molecule has 2 aromatic rings. The van der Waals surface area contributed by atoms with E-state index in [9.17, 15) is 10.1 Å². The van der Waals surface area contributed by atoms with Crippen molar-refractivity contribution >= 4 is 50.1 Å². The smallest absolute Gasteiger partial charge is 0.270 e. The summed E-state index contributed by atoms with van der Waals surface area (Å²) in [6.45, 7) is 0. The third kappa shape index (κ3) is 3.48. The monoisotopic (exact) mass is 341 g/mol. The second-order valence-electron chi connectivity index (χ2n) is 3.41. The maximum atomic E-state index is 10.7. The van der Waals surface area contributed by atoms with Crippen LogP contribution in [-0.4, -0.2) is 16.1 Å². The number of hydrazone groups is 1. The summed E-state index contributed by atoms with van der Waals surface area (Å²) in [5.74, 6) is 0.416. The molecule has 3 N–H and O–H groups in total. The summed E-state index contributed by atoms with van der Waals surface area (Å²) in [4.78, 5) is 14.2. The predicted molar refractivity (Wildman–Crippen MR) is 78.5 cm³/mol. The number of rotatable bonds is 4. The minimum atomic E-state index is -0.460. The SMILES string of the molecule is Nc1csc(NN=Cc2cc([N+](=O)[O-])ccc2Br)n1. The first-order valence-corrected chi connectivity index (χ1v) is 6.67. The highest BCUT2D eigenvalue weighted by atomic mass is 79.9. The number of aromatic nitrogens is 1. The molecule has 7 nitrogen and oxygen atoms in total. The van der Waals surface area contributed by atoms with Gasteiger partial charge in [0.1, 0.15) is 5.82 Å². The summed E-state index contributed by atoms with van der Waals surface area (Å²) in [6, 6.07) is 4.43. The quantitative estimate of drug-likeness (QED) is 0.505. The molecule has 9 heteroatoms. The maximum Gasteiger partial charge on any atom is 0.270 e. The number of non-ortho nitro benzene ring substituents is 1. The highest BCUT2D eigenvalue weighted by Gasteiger charge is 2.07. The molecule has 2 rings (SSSR count). The molecule has 1 aromatic carbocycles. The number of anilines is 2. The molecule has 0 spiro atoms. The standard InChI is InChI=1S/C10H8BrN5O2S/c11-8-2-1-7(16(17)18)3-6(8)4-13-15-10-14-9(12)5-19-10/h1-5H,12H2,(H,14,15). The van der Waals surface area contributed by atoms with Gasteiger partial charge in [0, 0.05) is 27.5 Å². The summed E-state index contributed by atoms with van der Waals surface area (Å²) in [6.07, 6.45) is 1.47. The number of nitrogens with zero attached hydrogens (tertiary/aromatic N) is 3. The molecule has 0 fully saturated rings. The first-order chi connectivity index (χ1) is 9.06. The number of thiazole rings is 1. The van der Waals surface area contributed by atoms with Crippen LogP contribution in [0, 0.1) is 10.1 Å². The van der Waals surface area contributed by atoms with Crippen LogP contribution in [0.4, 0.5) is 16.6 Å². The van der Waals surface area contributed by atoms with E-state index in [-0.39, 0.29) is 5.69 Å². The van der Waals surface area contributed by atoms with Crippen molar-refractivity contribution in [2.75, 3.05) is 11.2 Å². The van der Waals surface area contributed by atoms with E-state index in [2.05, 4.69) is 31.4 Å². The number of benzene rings is 1. The molecule has 0 radical (unpaired) electrons. The molecule has 0 bridgehead atoms. The summed E-state index contributed by atoms with van der Waals surface area (Å²) >= 11 is 4.61. The lowest BCUT2D eigenvalue weighted by Gasteiger charge is -1.98. The average Bonchev–Trinajstić information content (AvgIpc) is 2.77. The number of nitro benzene ring substituents is 1. The number of nitro groups is 1. The van der Waals surface area contributed by atoms with Crippen LogP contribution in [0.15, 0.2) is 33.2 Å². The van der Waals surface area contributed by atoms with Crippen molar-refractivity contribution in [2.24, 2.45) is 5.10 Å². The van der Waals surface area contributed by atoms with Crippen LogP contribution in [0.2, 0.25) is 0 Å². The van der Waals surface area contributed by atoms with Gasteiger partial charge < -0.3 is 5.73 Å².